The van der Waals surface area contributed by atoms with Gasteiger partial charge in [0, 0.05) is 12.2 Å². The lowest BCUT2D eigenvalue weighted by atomic mass is 10.1. The van der Waals surface area contributed by atoms with Crippen molar-refractivity contribution in [2.45, 2.75) is 39.3 Å². The smallest absolute Gasteiger partial charge is 0.315 e. The number of hydrogen-bond donors (Lipinski definition) is 3. The molecule has 1 unspecified atom stereocenters. The molecule has 0 spiro atoms. The molecule has 0 aliphatic heterocycles. The highest BCUT2D eigenvalue weighted by Crippen LogP contribution is 2.14. The van der Waals surface area contributed by atoms with Crippen molar-refractivity contribution in [1.29, 1.82) is 0 Å². The first kappa shape index (κ1) is 20.4. The van der Waals surface area contributed by atoms with Crippen LogP contribution in [0.4, 0.5) is 19.3 Å². The van der Waals surface area contributed by atoms with Gasteiger partial charge in [-0.15, -0.1) is 0 Å². The minimum atomic E-state index is -0.757. The number of nitrogens with one attached hydrogen (secondary N) is 3. The average molecular weight is 375 g/mol. The van der Waals surface area contributed by atoms with Gasteiger partial charge in [-0.05, 0) is 48.7 Å². The van der Waals surface area contributed by atoms with E-state index in [0.29, 0.717) is 24.1 Å². The molecule has 0 bridgehead atoms. The summed E-state index contributed by atoms with van der Waals surface area (Å²) in [6.07, 6.45) is 1.11. The summed E-state index contributed by atoms with van der Waals surface area (Å²) >= 11 is 0. The van der Waals surface area contributed by atoms with Crippen LogP contribution in [-0.4, -0.2) is 18.0 Å². The van der Waals surface area contributed by atoms with Gasteiger partial charge in [0.15, 0.2) is 0 Å². The first-order chi connectivity index (χ1) is 12.9. The summed E-state index contributed by atoms with van der Waals surface area (Å²) in [5, 5.41) is 7.86. The quantitative estimate of drug-likeness (QED) is 0.687. The number of halogens is 2. The largest absolute Gasteiger partial charge is 0.334 e. The number of hydrogen-bond acceptors (Lipinski definition) is 2. The van der Waals surface area contributed by atoms with E-state index in [1.165, 1.54) is 18.2 Å². The van der Waals surface area contributed by atoms with Crippen molar-refractivity contribution < 1.29 is 18.4 Å². The van der Waals surface area contributed by atoms with Crippen LogP contribution in [0.25, 0.3) is 0 Å². The molecule has 2 aromatic rings. The van der Waals surface area contributed by atoms with Gasteiger partial charge < -0.3 is 16.0 Å². The van der Waals surface area contributed by atoms with Crippen LogP contribution in [0.1, 0.15) is 30.9 Å². The van der Waals surface area contributed by atoms with Gasteiger partial charge >= 0.3 is 6.03 Å². The summed E-state index contributed by atoms with van der Waals surface area (Å²) in [6, 6.07) is 8.90. The summed E-state index contributed by atoms with van der Waals surface area (Å²) in [5.74, 6) is -1.18. The van der Waals surface area contributed by atoms with E-state index >= 15 is 0 Å². The standard InChI is InChI=1S/C20H23F2N3O2/c1-3-4-18(19(26)24-16-10-5-13(2)17(22)11-16)25-20(27)23-12-14-6-8-15(21)9-7-14/h5-11,18H,3-4,12H2,1-2H3,(H,24,26)(H2,23,25,27). The molecule has 0 aromatic heterocycles. The second-order valence-corrected chi connectivity index (χ2v) is 6.25. The highest BCUT2D eigenvalue weighted by molar-refractivity contribution is 5.97. The zero-order valence-electron chi connectivity index (χ0n) is 15.3. The maximum absolute atomic E-state index is 13.6. The Hall–Kier alpha value is -2.96. The first-order valence-electron chi connectivity index (χ1n) is 8.75. The van der Waals surface area contributed by atoms with Crippen molar-refractivity contribution in [3.63, 3.8) is 0 Å². The molecule has 7 heteroatoms. The molecule has 0 aliphatic rings. The fraction of sp³-hybridized carbons (Fsp3) is 0.300. The maximum atomic E-state index is 13.6. The fourth-order valence-electron chi connectivity index (χ4n) is 2.45. The number of carbonyl (C=O) groups is 2. The zero-order valence-corrected chi connectivity index (χ0v) is 15.3. The number of benzene rings is 2. The Labute approximate surface area is 157 Å². The van der Waals surface area contributed by atoms with Crippen LogP contribution in [0.3, 0.4) is 0 Å². The Balaban J connectivity index is 1.92. The first-order valence-corrected chi connectivity index (χ1v) is 8.75. The molecule has 27 heavy (non-hydrogen) atoms. The Morgan fingerprint density at radius 1 is 1.07 bits per heavy atom. The van der Waals surface area contributed by atoms with Crippen LogP contribution in [-0.2, 0) is 11.3 Å². The Morgan fingerprint density at radius 2 is 1.78 bits per heavy atom. The minimum absolute atomic E-state index is 0.204. The summed E-state index contributed by atoms with van der Waals surface area (Å²) < 4.78 is 26.5. The molecule has 0 saturated heterocycles. The van der Waals surface area contributed by atoms with E-state index in [9.17, 15) is 18.4 Å². The highest BCUT2D eigenvalue weighted by atomic mass is 19.1. The maximum Gasteiger partial charge on any atom is 0.315 e. The van der Waals surface area contributed by atoms with Crippen LogP contribution in [0, 0.1) is 18.6 Å². The van der Waals surface area contributed by atoms with Gasteiger partial charge in [-0.25, -0.2) is 13.6 Å². The summed E-state index contributed by atoms with van der Waals surface area (Å²) in [6.45, 7) is 3.73. The molecule has 0 radical (unpaired) electrons. The molecular weight excluding hydrogens is 352 g/mol. The van der Waals surface area contributed by atoms with Crippen molar-refractivity contribution in [2.24, 2.45) is 0 Å². The van der Waals surface area contributed by atoms with Gasteiger partial charge in [0.2, 0.25) is 5.91 Å². The molecule has 0 aliphatic carbocycles. The second-order valence-electron chi connectivity index (χ2n) is 6.25. The summed E-state index contributed by atoms with van der Waals surface area (Å²) in [5.41, 5.74) is 1.55. The van der Waals surface area contributed by atoms with E-state index in [1.54, 1.807) is 31.2 Å². The van der Waals surface area contributed by atoms with E-state index in [2.05, 4.69) is 16.0 Å². The van der Waals surface area contributed by atoms with Crippen LogP contribution in [0.2, 0.25) is 0 Å². The van der Waals surface area contributed by atoms with Gasteiger partial charge in [0.1, 0.15) is 17.7 Å². The second kappa shape index (κ2) is 9.66. The normalized spacial score (nSPS) is 11.6. The van der Waals surface area contributed by atoms with Gasteiger partial charge in [-0.1, -0.05) is 31.5 Å². The number of rotatable bonds is 7. The van der Waals surface area contributed by atoms with E-state index < -0.39 is 23.8 Å². The Bertz CT molecular complexity index is 794. The molecule has 2 aromatic carbocycles. The van der Waals surface area contributed by atoms with E-state index in [4.69, 9.17) is 0 Å². The topological polar surface area (TPSA) is 70.2 Å². The van der Waals surface area contributed by atoms with Crippen molar-refractivity contribution >= 4 is 17.6 Å². The number of urea groups is 1. The van der Waals surface area contributed by atoms with E-state index in [1.807, 2.05) is 6.92 Å². The fourth-order valence-corrected chi connectivity index (χ4v) is 2.45. The third kappa shape index (κ3) is 6.36. The average Bonchev–Trinajstić information content (AvgIpc) is 2.64. The molecule has 144 valence electrons. The SMILES string of the molecule is CCCC(NC(=O)NCc1ccc(F)cc1)C(=O)Nc1ccc(C)c(F)c1. The highest BCUT2D eigenvalue weighted by Gasteiger charge is 2.20. The van der Waals surface area contributed by atoms with Crippen LogP contribution < -0.4 is 16.0 Å². The summed E-state index contributed by atoms with van der Waals surface area (Å²) in [7, 11) is 0. The van der Waals surface area contributed by atoms with Gasteiger partial charge in [-0.3, -0.25) is 4.79 Å². The van der Waals surface area contributed by atoms with E-state index in [0.717, 1.165) is 5.56 Å². The number of carbonyl (C=O) groups excluding carboxylic acids is 2. The molecule has 0 heterocycles. The molecule has 0 saturated carbocycles. The monoisotopic (exact) mass is 375 g/mol. The van der Waals surface area contributed by atoms with Gasteiger partial charge in [0.05, 0.1) is 0 Å². The predicted molar refractivity (Wildman–Crippen MR) is 100 cm³/mol. The van der Waals surface area contributed by atoms with Gasteiger partial charge in [0.25, 0.3) is 0 Å². The van der Waals surface area contributed by atoms with Crippen LogP contribution in [0.15, 0.2) is 42.5 Å². The molecule has 3 N–H and O–H groups in total. The lowest BCUT2D eigenvalue weighted by Crippen LogP contribution is -2.47. The van der Waals surface area contributed by atoms with Crippen molar-refractivity contribution in [1.82, 2.24) is 10.6 Å². The lowest BCUT2D eigenvalue weighted by Gasteiger charge is -2.18. The minimum Gasteiger partial charge on any atom is -0.334 e. The molecular formula is C20H23F2N3O2. The lowest BCUT2D eigenvalue weighted by molar-refractivity contribution is -0.118. The molecule has 3 amide bonds. The van der Waals surface area contributed by atoms with Crippen molar-refractivity contribution in [2.75, 3.05) is 5.32 Å². The molecule has 1 atom stereocenters. The number of anilines is 1. The molecule has 5 nitrogen and oxygen atoms in total. The third-order valence-corrected chi connectivity index (χ3v) is 4.00. The van der Waals surface area contributed by atoms with Crippen LogP contribution >= 0.6 is 0 Å². The Kier molecular flexibility index (Phi) is 7.28. The van der Waals surface area contributed by atoms with Crippen LogP contribution in [0.5, 0.6) is 0 Å². The predicted octanol–water partition coefficient (Wildman–Crippen LogP) is 3.88. The van der Waals surface area contributed by atoms with Crippen molar-refractivity contribution in [3.8, 4) is 0 Å². The number of aryl methyl sites for hydroxylation is 1. The summed E-state index contributed by atoms with van der Waals surface area (Å²) in [4.78, 5) is 24.5. The third-order valence-electron chi connectivity index (χ3n) is 4.00. The van der Waals surface area contributed by atoms with Crippen molar-refractivity contribution in [3.05, 3.63) is 65.2 Å². The van der Waals surface area contributed by atoms with Gasteiger partial charge in [-0.2, -0.15) is 0 Å². The van der Waals surface area contributed by atoms with E-state index in [-0.39, 0.29) is 12.4 Å². The Morgan fingerprint density at radius 3 is 2.41 bits per heavy atom. The number of amides is 3. The zero-order chi connectivity index (χ0) is 19.8. The molecule has 2 rings (SSSR count). The molecule has 0 fully saturated rings.